The van der Waals surface area contributed by atoms with Gasteiger partial charge in [-0.15, -0.1) is 24.0 Å². The van der Waals surface area contributed by atoms with Crippen LogP contribution in [0.2, 0.25) is 5.02 Å². The van der Waals surface area contributed by atoms with Crippen LogP contribution in [-0.2, 0) is 11.3 Å². The van der Waals surface area contributed by atoms with E-state index < -0.39 is 6.09 Å². The highest BCUT2D eigenvalue weighted by Crippen LogP contribution is 2.25. The molecule has 31 heavy (non-hydrogen) atoms. The van der Waals surface area contributed by atoms with Crippen molar-refractivity contribution in [1.29, 1.82) is 0 Å². The summed E-state index contributed by atoms with van der Waals surface area (Å²) in [6.07, 6.45) is 2.25. The van der Waals surface area contributed by atoms with Crippen molar-refractivity contribution in [1.82, 2.24) is 15.6 Å². The number of benzene rings is 1. The van der Waals surface area contributed by atoms with Crippen LogP contribution in [0.5, 0.6) is 0 Å². The maximum atomic E-state index is 11.3. The second-order valence-electron chi connectivity index (χ2n) is 6.89. The number of rotatable bonds is 6. The van der Waals surface area contributed by atoms with Gasteiger partial charge >= 0.3 is 6.09 Å². The zero-order valence-corrected chi connectivity index (χ0v) is 20.7. The molecule has 168 valence electrons. The molecule has 1 aliphatic rings. The van der Waals surface area contributed by atoms with Crippen molar-refractivity contribution in [2.24, 2.45) is 4.99 Å². The van der Waals surface area contributed by atoms with Crippen molar-refractivity contribution in [3.8, 4) is 0 Å². The molecule has 0 saturated carbocycles. The van der Waals surface area contributed by atoms with Crippen LogP contribution in [0.15, 0.2) is 47.6 Å². The number of pyridine rings is 1. The molecular formula is C21H28ClIN6O2. The third kappa shape index (κ3) is 7.42. The van der Waals surface area contributed by atoms with Crippen LogP contribution in [0.3, 0.4) is 0 Å². The summed E-state index contributed by atoms with van der Waals surface area (Å²) in [5, 5.41) is 10.1. The van der Waals surface area contributed by atoms with Crippen molar-refractivity contribution in [3.05, 3.63) is 53.2 Å². The van der Waals surface area contributed by atoms with E-state index in [2.05, 4.69) is 30.6 Å². The molecule has 1 fully saturated rings. The molecule has 1 unspecified atom stereocenters. The fourth-order valence-electron chi connectivity index (χ4n) is 3.23. The van der Waals surface area contributed by atoms with Gasteiger partial charge in [0, 0.05) is 37.6 Å². The van der Waals surface area contributed by atoms with Crippen molar-refractivity contribution in [2.45, 2.75) is 25.9 Å². The molecule has 8 nitrogen and oxygen atoms in total. The lowest BCUT2D eigenvalue weighted by Crippen LogP contribution is -2.44. The van der Waals surface area contributed by atoms with Gasteiger partial charge in [0.15, 0.2) is 5.96 Å². The van der Waals surface area contributed by atoms with Crippen molar-refractivity contribution in [2.75, 3.05) is 37.0 Å². The lowest BCUT2D eigenvalue weighted by atomic mass is 10.2. The van der Waals surface area contributed by atoms with Gasteiger partial charge in [-0.05, 0) is 43.2 Å². The number of halogens is 2. The highest BCUT2D eigenvalue weighted by atomic mass is 127. The van der Waals surface area contributed by atoms with Crippen LogP contribution in [0.4, 0.5) is 16.3 Å². The number of aliphatic imine (C=N–C) groups is 1. The molecule has 1 saturated heterocycles. The van der Waals surface area contributed by atoms with E-state index in [9.17, 15) is 4.79 Å². The molecular weight excluding hydrogens is 531 g/mol. The minimum Gasteiger partial charge on any atom is -0.453 e. The standard InChI is InChI=1S/C21H27ClN6O2.HI/c1-3-23-20(25-13-15-6-8-16(9-7-15)27-21(29)30-2)26-17-10-12-28(14-17)19-18(22)5-4-11-24-19;/h4-9,11,17H,3,10,12-14H2,1-2H3,(H,27,29)(H2,23,25,26);1H. The van der Waals surface area contributed by atoms with E-state index >= 15 is 0 Å². The highest BCUT2D eigenvalue weighted by molar-refractivity contribution is 14.0. The number of amides is 1. The van der Waals surface area contributed by atoms with Gasteiger partial charge in [-0.25, -0.2) is 14.8 Å². The van der Waals surface area contributed by atoms with E-state index in [1.165, 1.54) is 7.11 Å². The molecule has 3 N–H and O–H groups in total. The molecule has 1 aromatic heterocycles. The van der Waals surface area contributed by atoms with Gasteiger partial charge in [-0.3, -0.25) is 5.32 Å². The number of ether oxygens (including phenoxy) is 1. The van der Waals surface area contributed by atoms with E-state index in [1.54, 1.807) is 6.20 Å². The van der Waals surface area contributed by atoms with Crippen LogP contribution >= 0.6 is 35.6 Å². The number of nitrogens with zero attached hydrogens (tertiary/aromatic N) is 3. The summed E-state index contributed by atoms with van der Waals surface area (Å²) in [5.74, 6) is 1.60. The number of hydrogen-bond donors (Lipinski definition) is 3. The Labute approximate surface area is 204 Å². The smallest absolute Gasteiger partial charge is 0.411 e. The first kappa shape index (κ1) is 25.0. The SMILES string of the molecule is CCNC(=NCc1ccc(NC(=O)OC)cc1)NC1CCN(c2ncccc2Cl)C1.I. The van der Waals surface area contributed by atoms with Gasteiger partial charge in [0.1, 0.15) is 5.82 Å². The normalized spacial score (nSPS) is 15.8. The lowest BCUT2D eigenvalue weighted by Gasteiger charge is -2.20. The maximum absolute atomic E-state index is 11.3. The molecule has 1 aliphatic heterocycles. The van der Waals surface area contributed by atoms with Crippen LogP contribution < -0.4 is 20.9 Å². The quantitative estimate of drug-likeness (QED) is 0.283. The van der Waals surface area contributed by atoms with Crippen molar-refractivity contribution < 1.29 is 9.53 Å². The number of hydrogen-bond acceptors (Lipinski definition) is 5. The van der Waals surface area contributed by atoms with Crippen LogP contribution in [0.1, 0.15) is 18.9 Å². The Hall–Kier alpha value is -2.27. The molecule has 0 spiro atoms. The van der Waals surface area contributed by atoms with Crippen LogP contribution in [0.25, 0.3) is 0 Å². The predicted molar refractivity (Wildman–Crippen MR) is 136 cm³/mol. The topological polar surface area (TPSA) is 90.9 Å². The first-order valence-electron chi connectivity index (χ1n) is 9.93. The molecule has 2 heterocycles. The molecule has 1 amide bonds. The number of aromatic nitrogens is 1. The van der Waals surface area contributed by atoms with E-state index in [0.29, 0.717) is 17.3 Å². The third-order valence-electron chi connectivity index (χ3n) is 4.72. The number of carbonyl (C=O) groups excluding carboxylic acids is 1. The number of anilines is 2. The van der Waals surface area contributed by atoms with E-state index in [0.717, 1.165) is 43.4 Å². The number of carbonyl (C=O) groups is 1. The number of methoxy groups -OCH3 is 1. The largest absolute Gasteiger partial charge is 0.453 e. The molecule has 0 radical (unpaired) electrons. The summed E-state index contributed by atoms with van der Waals surface area (Å²) in [7, 11) is 1.34. The second kappa shape index (κ2) is 12.6. The average Bonchev–Trinajstić information content (AvgIpc) is 3.21. The number of guanidine groups is 1. The molecule has 1 aromatic carbocycles. The summed E-state index contributed by atoms with van der Waals surface area (Å²) in [4.78, 5) is 22.5. The van der Waals surface area contributed by atoms with Crippen LogP contribution in [-0.4, -0.2) is 49.8 Å². The highest BCUT2D eigenvalue weighted by Gasteiger charge is 2.25. The van der Waals surface area contributed by atoms with Gasteiger partial charge in [0.25, 0.3) is 0 Å². The Kier molecular flexibility index (Phi) is 10.1. The Morgan fingerprint density at radius 1 is 1.32 bits per heavy atom. The van der Waals surface area contributed by atoms with Gasteiger partial charge in [0.2, 0.25) is 0 Å². The maximum Gasteiger partial charge on any atom is 0.411 e. The summed E-state index contributed by atoms with van der Waals surface area (Å²) in [6.45, 7) is 5.04. The second-order valence-corrected chi connectivity index (χ2v) is 7.30. The minimum absolute atomic E-state index is 0. The molecule has 2 aromatic rings. The zero-order valence-electron chi connectivity index (χ0n) is 17.6. The van der Waals surface area contributed by atoms with Gasteiger partial charge in [-0.1, -0.05) is 23.7 Å². The molecule has 0 bridgehead atoms. The van der Waals surface area contributed by atoms with Crippen LogP contribution in [0, 0.1) is 0 Å². The third-order valence-corrected chi connectivity index (χ3v) is 5.01. The van der Waals surface area contributed by atoms with Crippen molar-refractivity contribution in [3.63, 3.8) is 0 Å². The van der Waals surface area contributed by atoms with E-state index in [1.807, 2.05) is 43.3 Å². The predicted octanol–water partition coefficient (Wildman–Crippen LogP) is 3.87. The fourth-order valence-corrected chi connectivity index (χ4v) is 3.47. The van der Waals surface area contributed by atoms with Gasteiger partial charge < -0.3 is 20.3 Å². The summed E-state index contributed by atoms with van der Waals surface area (Å²) in [6, 6.07) is 11.5. The first-order valence-corrected chi connectivity index (χ1v) is 10.3. The zero-order chi connectivity index (χ0) is 21.3. The Morgan fingerprint density at radius 2 is 2.10 bits per heavy atom. The minimum atomic E-state index is -0.489. The van der Waals surface area contributed by atoms with Gasteiger partial charge in [-0.2, -0.15) is 0 Å². The molecule has 10 heteroatoms. The van der Waals surface area contributed by atoms with Crippen molar-refractivity contribution >= 4 is 59.1 Å². The fraction of sp³-hybridized carbons (Fsp3) is 0.381. The first-order chi connectivity index (χ1) is 14.6. The Bertz CT molecular complexity index is 880. The molecule has 3 rings (SSSR count). The lowest BCUT2D eigenvalue weighted by molar-refractivity contribution is 0.187. The van der Waals surface area contributed by atoms with E-state index in [-0.39, 0.29) is 30.0 Å². The molecule has 0 aliphatic carbocycles. The Balaban J connectivity index is 0.00000341. The summed E-state index contributed by atoms with van der Waals surface area (Å²) in [5.41, 5.74) is 1.72. The monoisotopic (exact) mass is 558 g/mol. The van der Waals surface area contributed by atoms with Gasteiger partial charge in [0.05, 0.1) is 18.7 Å². The average molecular weight is 559 g/mol. The van der Waals surface area contributed by atoms with E-state index in [4.69, 9.17) is 16.6 Å². The molecule has 1 atom stereocenters. The summed E-state index contributed by atoms with van der Waals surface area (Å²) >= 11 is 6.28. The Morgan fingerprint density at radius 3 is 2.77 bits per heavy atom. The number of nitrogens with one attached hydrogen (secondary N) is 3. The summed E-state index contributed by atoms with van der Waals surface area (Å²) < 4.78 is 4.59.